The molecule has 0 aromatic heterocycles. The third-order valence-electron chi connectivity index (χ3n) is 2.91. The Morgan fingerprint density at radius 2 is 1.00 bits per heavy atom. The molecule has 0 aromatic carbocycles. The minimum absolute atomic E-state index is 0.806. The minimum atomic E-state index is 0.806. The standard InChI is InChI=1S/C8H16.3C2H6/c1-3-8(4-2)6-5-7-8;3*1-2/h3-7H2,1-2H3;3*1-2H3. The lowest BCUT2D eigenvalue weighted by molar-refractivity contribution is 0.121. The smallest absolute Gasteiger partial charge is 0.0303 e. The van der Waals surface area contributed by atoms with Crippen molar-refractivity contribution in [3.05, 3.63) is 0 Å². The van der Waals surface area contributed by atoms with Crippen molar-refractivity contribution < 1.29 is 0 Å². The molecule has 0 amide bonds. The third kappa shape index (κ3) is 7.41. The van der Waals surface area contributed by atoms with Crippen LogP contribution in [0.25, 0.3) is 0 Å². The van der Waals surface area contributed by atoms with Crippen LogP contribution in [0.5, 0.6) is 0 Å². The molecule has 0 bridgehead atoms. The van der Waals surface area contributed by atoms with Gasteiger partial charge in [0, 0.05) is 0 Å². The quantitative estimate of drug-likeness (QED) is 0.511. The van der Waals surface area contributed by atoms with Gasteiger partial charge in [-0.1, -0.05) is 74.7 Å². The largest absolute Gasteiger partial charge is 0.0683 e. The predicted octanol–water partition coefficient (Wildman–Crippen LogP) is 6.06. The number of rotatable bonds is 2. The molecule has 0 radical (unpaired) electrons. The highest BCUT2D eigenvalue weighted by Gasteiger charge is 2.32. The Morgan fingerprint density at radius 1 is 0.714 bits per heavy atom. The van der Waals surface area contributed by atoms with E-state index in [-0.39, 0.29) is 0 Å². The molecule has 0 heterocycles. The van der Waals surface area contributed by atoms with Crippen molar-refractivity contribution in [1.82, 2.24) is 0 Å². The zero-order chi connectivity index (χ0) is 12.0. The molecule has 1 saturated carbocycles. The molecule has 0 aliphatic heterocycles. The van der Waals surface area contributed by atoms with Gasteiger partial charge >= 0.3 is 0 Å². The summed E-state index contributed by atoms with van der Waals surface area (Å²) >= 11 is 0. The van der Waals surface area contributed by atoms with Crippen LogP contribution in [-0.2, 0) is 0 Å². The van der Waals surface area contributed by atoms with E-state index in [0.29, 0.717) is 0 Å². The van der Waals surface area contributed by atoms with E-state index in [9.17, 15) is 0 Å². The monoisotopic (exact) mass is 202 g/mol. The molecule has 1 aliphatic rings. The fraction of sp³-hybridized carbons (Fsp3) is 1.00. The van der Waals surface area contributed by atoms with Gasteiger partial charge in [-0.2, -0.15) is 0 Å². The van der Waals surface area contributed by atoms with Crippen LogP contribution in [0.4, 0.5) is 0 Å². The maximum atomic E-state index is 2.32. The van der Waals surface area contributed by atoms with Crippen LogP contribution >= 0.6 is 0 Å². The average Bonchev–Trinajstić information content (AvgIpc) is 2.27. The molecule has 0 atom stereocenters. The van der Waals surface area contributed by atoms with Gasteiger partial charge in [-0.25, -0.2) is 0 Å². The molecule has 0 N–H and O–H groups in total. The van der Waals surface area contributed by atoms with Gasteiger partial charge in [-0.05, 0) is 18.3 Å². The van der Waals surface area contributed by atoms with E-state index < -0.39 is 0 Å². The van der Waals surface area contributed by atoms with Crippen molar-refractivity contribution in [3.8, 4) is 0 Å². The average molecular weight is 202 g/mol. The highest BCUT2D eigenvalue weighted by molar-refractivity contribution is 4.84. The van der Waals surface area contributed by atoms with Crippen molar-refractivity contribution in [2.24, 2.45) is 5.41 Å². The van der Waals surface area contributed by atoms with Gasteiger partial charge in [0.2, 0.25) is 0 Å². The van der Waals surface area contributed by atoms with Crippen LogP contribution in [-0.4, -0.2) is 0 Å². The van der Waals surface area contributed by atoms with Crippen LogP contribution < -0.4 is 0 Å². The van der Waals surface area contributed by atoms with Crippen LogP contribution in [0.15, 0.2) is 0 Å². The van der Waals surface area contributed by atoms with E-state index in [1.807, 2.05) is 41.5 Å². The Hall–Kier alpha value is 0. The van der Waals surface area contributed by atoms with Gasteiger partial charge in [0.05, 0.1) is 0 Å². The molecule has 0 spiro atoms. The zero-order valence-corrected chi connectivity index (χ0v) is 12.0. The fourth-order valence-corrected chi connectivity index (χ4v) is 1.63. The van der Waals surface area contributed by atoms with Gasteiger partial charge in [-0.15, -0.1) is 0 Å². The molecular formula is C14H34. The van der Waals surface area contributed by atoms with Gasteiger partial charge in [0.1, 0.15) is 0 Å². The lowest BCUT2D eigenvalue weighted by Gasteiger charge is -2.40. The Morgan fingerprint density at radius 3 is 1.00 bits per heavy atom. The highest BCUT2D eigenvalue weighted by Crippen LogP contribution is 2.46. The maximum Gasteiger partial charge on any atom is -0.0303 e. The number of hydrogen-bond acceptors (Lipinski definition) is 0. The third-order valence-corrected chi connectivity index (χ3v) is 2.91. The first-order chi connectivity index (χ1) is 6.83. The summed E-state index contributed by atoms with van der Waals surface area (Å²) in [5.41, 5.74) is 0.806. The van der Waals surface area contributed by atoms with E-state index in [1.165, 1.54) is 32.1 Å². The van der Waals surface area contributed by atoms with Crippen LogP contribution in [0.1, 0.15) is 87.5 Å². The summed E-state index contributed by atoms with van der Waals surface area (Å²) in [7, 11) is 0. The van der Waals surface area contributed by atoms with Crippen molar-refractivity contribution in [2.75, 3.05) is 0 Å². The Labute approximate surface area is 93.5 Å². The van der Waals surface area contributed by atoms with E-state index in [4.69, 9.17) is 0 Å². The normalized spacial score (nSPS) is 15.4. The van der Waals surface area contributed by atoms with Crippen LogP contribution in [0.3, 0.4) is 0 Å². The first-order valence-corrected chi connectivity index (χ1v) is 6.83. The van der Waals surface area contributed by atoms with Gasteiger partial charge < -0.3 is 0 Å². The maximum absolute atomic E-state index is 2.32. The summed E-state index contributed by atoms with van der Waals surface area (Å²) in [6, 6.07) is 0. The minimum Gasteiger partial charge on any atom is -0.0683 e. The molecule has 0 aromatic rings. The molecule has 1 fully saturated rings. The summed E-state index contributed by atoms with van der Waals surface area (Å²) < 4.78 is 0. The fourth-order valence-electron chi connectivity index (χ4n) is 1.63. The van der Waals surface area contributed by atoms with E-state index in [1.54, 1.807) is 0 Å². The van der Waals surface area contributed by atoms with Crippen molar-refractivity contribution in [3.63, 3.8) is 0 Å². The first-order valence-electron chi connectivity index (χ1n) is 6.83. The summed E-state index contributed by atoms with van der Waals surface area (Å²) in [6.07, 6.45) is 7.30. The molecular weight excluding hydrogens is 168 g/mol. The molecule has 90 valence electrons. The highest BCUT2D eigenvalue weighted by atomic mass is 14.4. The van der Waals surface area contributed by atoms with Gasteiger partial charge in [0.15, 0.2) is 0 Å². The van der Waals surface area contributed by atoms with Crippen molar-refractivity contribution in [2.45, 2.75) is 87.5 Å². The second-order valence-corrected chi connectivity index (χ2v) is 3.06. The SMILES string of the molecule is CC.CC.CC.CCC1(CC)CCC1. The molecule has 14 heavy (non-hydrogen) atoms. The van der Waals surface area contributed by atoms with E-state index in [2.05, 4.69) is 13.8 Å². The molecule has 0 saturated heterocycles. The summed E-state index contributed by atoms with van der Waals surface area (Å²) in [5, 5.41) is 0. The lowest BCUT2D eigenvalue weighted by atomic mass is 9.65. The number of hydrogen-bond donors (Lipinski definition) is 0. The molecule has 1 aliphatic carbocycles. The summed E-state index contributed by atoms with van der Waals surface area (Å²) in [5.74, 6) is 0. The molecule has 0 heteroatoms. The van der Waals surface area contributed by atoms with Crippen LogP contribution in [0, 0.1) is 5.41 Å². The van der Waals surface area contributed by atoms with E-state index in [0.717, 1.165) is 5.41 Å². The summed E-state index contributed by atoms with van der Waals surface area (Å²) in [4.78, 5) is 0. The van der Waals surface area contributed by atoms with Crippen molar-refractivity contribution >= 4 is 0 Å². The lowest BCUT2D eigenvalue weighted by Crippen LogP contribution is -2.27. The topological polar surface area (TPSA) is 0 Å². The van der Waals surface area contributed by atoms with Gasteiger partial charge in [0.25, 0.3) is 0 Å². The molecule has 0 unspecified atom stereocenters. The van der Waals surface area contributed by atoms with Crippen LogP contribution in [0.2, 0.25) is 0 Å². The Balaban J connectivity index is -0.000000174. The zero-order valence-electron chi connectivity index (χ0n) is 12.0. The van der Waals surface area contributed by atoms with Crippen molar-refractivity contribution in [1.29, 1.82) is 0 Å². The van der Waals surface area contributed by atoms with E-state index >= 15 is 0 Å². The summed E-state index contributed by atoms with van der Waals surface area (Å²) in [6.45, 7) is 16.6. The second kappa shape index (κ2) is 15.5. The first kappa shape index (κ1) is 19.6. The second-order valence-electron chi connectivity index (χ2n) is 3.06. The Bertz CT molecular complexity index is 56.6. The van der Waals surface area contributed by atoms with Gasteiger partial charge in [-0.3, -0.25) is 0 Å². The molecule has 0 nitrogen and oxygen atoms in total. The molecule has 1 rings (SSSR count). The Kier molecular flexibility index (Phi) is 21.6. The predicted molar refractivity (Wildman–Crippen MR) is 70.9 cm³/mol.